The highest BCUT2D eigenvalue weighted by Crippen LogP contribution is 2.31. The lowest BCUT2D eigenvalue weighted by atomic mass is 10.2. The summed E-state index contributed by atoms with van der Waals surface area (Å²) in [6.45, 7) is 1.83. The Morgan fingerprint density at radius 1 is 1.48 bits per heavy atom. The second-order valence-electron chi connectivity index (χ2n) is 4.21. The molecule has 3 aromatic rings. The van der Waals surface area contributed by atoms with Crippen molar-refractivity contribution < 1.29 is 4.79 Å². The number of nitrogens with zero attached hydrogens (tertiary/aromatic N) is 3. The average Bonchev–Trinajstić information content (AvgIpc) is 3.08. The van der Waals surface area contributed by atoms with Crippen LogP contribution in [0.5, 0.6) is 0 Å². The van der Waals surface area contributed by atoms with Gasteiger partial charge in [-0.25, -0.2) is 15.4 Å². The van der Waals surface area contributed by atoms with Crippen molar-refractivity contribution in [3.8, 4) is 0 Å². The van der Waals surface area contributed by atoms with Crippen LogP contribution in [-0.2, 0) is 0 Å². The average molecular weight is 317 g/mol. The lowest BCUT2D eigenvalue weighted by Crippen LogP contribution is -2.17. The van der Waals surface area contributed by atoms with E-state index in [4.69, 9.17) is 5.73 Å². The first-order valence-corrected chi connectivity index (χ1v) is 7.73. The molecule has 0 unspecified atom stereocenters. The van der Waals surface area contributed by atoms with Gasteiger partial charge < -0.3 is 5.73 Å². The Balaban J connectivity index is 1.85. The molecule has 0 saturated carbocycles. The Morgan fingerprint density at radius 2 is 2.33 bits per heavy atom. The summed E-state index contributed by atoms with van der Waals surface area (Å²) in [5, 5.41) is 6.63. The van der Waals surface area contributed by atoms with Crippen LogP contribution in [0.15, 0.2) is 28.9 Å². The van der Waals surface area contributed by atoms with Crippen molar-refractivity contribution in [1.82, 2.24) is 15.4 Å². The fourth-order valence-corrected chi connectivity index (χ4v) is 3.52. The summed E-state index contributed by atoms with van der Waals surface area (Å²) >= 11 is 2.83. The maximum atomic E-state index is 12.2. The number of amides is 1. The number of aryl methyl sites for hydroxylation is 1. The number of nitrogen functional groups attached to an aromatic ring is 1. The van der Waals surface area contributed by atoms with Crippen LogP contribution < -0.4 is 11.2 Å². The summed E-state index contributed by atoms with van der Waals surface area (Å²) in [5.41, 5.74) is 9.12. The van der Waals surface area contributed by atoms with E-state index in [9.17, 15) is 4.79 Å². The monoisotopic (exact) mass is 317 g/mol. The number of anilines is 1. The number of fused-ring (bicyclic) bond motifs is 1. The number of hydrogen-bond donors (Lipinski definition) is 2. The molecule has 0 aliphatic rings. The highest BCUT2D eigenvalue weighted by molar-refractivity contribution is 7.20. The lowest BCUT2D eigenvalue weighted by molar-refractivity contribution is 0.0958. The second-order valence-corrected chi connectivity index (χ2v) is 6.19. The summed E-state index contributed by atoms with van der Waals surface area (Å²) in [6, 6.07) is 3.84. The molecule has 0 saturated heterocycles. The summed E-state index contributed by atoms with van der Waals surface area (Å²) in [7, 11) is 0. The Morgan fingerprint density at radius 3 is 3.05 bits per heavy atom. The zero-order valence-corrected chi connectivity index (χ0v) is 12.7. The van der Waals surface area contributed by atoms with Gasteiger partial charge >= 0.3 is 0 Å². The molecule has 3 heterocycles. The summed E-state index contributed by atoms with van der Waals surface area (Å²) in [6.07, 6.45) is 3.00. The number of aromatic nitrogens is 2. The molecule has 6 nitrogen and oxygen atoms in total. The largest absolute Gasteiger partial charge is 0.383 e. The zero-order chi connectivity index (χ0) is 14.8. The molecule has 0 aliphatic carbocycles. The predicted molar refractivity (Wildman–Crippen MR) is 85.9 cm³/mol. The third-order valence-corrected chi connectivity index (χ3v) is 4.87. The minimum atomic E-state index is -0.275. The molecule has 0 atom stereocenters. The quantitative estimate of drug-likeness (QED) is 0.573. The van der Waals surface area contributed by atoms with Gasteiger partial charge in [0.05, 0.1) is 16.5 Å². The molecular weight excluding hydrogens is 306 g/mol. The smallest absolute Gasteiger partial charge is 0.281 e. The maximum Gasteiger partial charge on any atom is 0.281 e. The van der Waals surface area contributed by atoms with E-state index < -0.39 is 0 Å². The molecule has 0 radical (unpaired) electrons. The number of hydrogen-bond acceptors (Lipinski definition) is 7. The van der Waals surface area contributed by atoms with E-state index in [1.165, 1.54) is 17.7 Å². The number of carbonyl (C=O) groups excluding carboxylic acids is 1. The van der Waals surface area contributed by atoms with Gasteiger partial charge in [0.1, 0.15) is 17.0 Å². The summed E-state index contributed by atoms with van der Waals surface area (Å²) < 4.78 is 0. The van der Waals surface area contributed by atoms with Crippen LogP contribution in [0, 0.1) is 6.92 Å². The van der Waals surface area contributed by atoms with Gasteiger partial charge in [0.25, 0.3) is 5.91 Å². The molecule has 0 fully saturated rings. The highest BCUT2D eigenvalue weighted by atomic mass is 32.1. The first-order valence-electron chi connectivity index (χ1n) is 6.03. The van der Waals surface area contributed by atoms with Gasteiger partial charge in [-0.1, -0.05) is 6.07 Å². The van der Waals surface area contributed by atoms with Crippen molar-refractivity contribution in [2.45, 2.75) is 6.92 Å². The SMILES string of the molecule is Cc1c(C(=O)N/N=C\c2cccs2)sc2ncnc(N)c12. The van der Waals surface area contributed by atoms with Crippen LogP contribution in [0.1, 0.15) is 20.1 Å². The van der Waals surface area contributed by atoms with Crippen LogP contribution in [0.4, 0.5) is 5.82 Å². The molecule has 0 bridgehead atoms. The van der Waals surface area contributed by atoms with Gasteiger partial charge in [-0.05, 0) is 23.9 Å². The summed E-state index contributed by atoms with van der Waals surface area (Å²) in [4.78, 5) is 22.5. The van der Waals surface area contributed by atoms with Crippen molar-refractivity contribution in [2.24, 2.45) is 5.10 Å². The van der Waals surface area contributed by atoms with E-state index in [1.807, 2.05) is 24.4 Å². The van der Waals surface area contributed by atoms with Crippen molar-refractivity contribution in [3.63, 3.8) is 0 Å². The molecule has 3 aromatic heterocycles. The Bertz CT molecular complexity index is 823. The molecule has 3 rings (SSSR count). The van der Waals surface area contributed by atoms with Gasteiger partial charge in [0.15, 0.2) is 0 Å². The van der Waals surface area contributed by atoms with Gasteiger partial charge in [-0.3, -0.25) is 4.79 Å². The molecule has 8 heteroatoms. The molecular formula is C13H11N5OS2. The predicted octanol–water partition coefficient (Wildman–Crippen LogP) is 2.41. The second kappa shape index (κ2) is 5.58. The number of rotatable bonds is 3. The minimum Gasteiger partial charge on any atom is -0.383 e. The normalized spacial score (nSPS) is 11.3. The van der Waals surface area contributed by atoms with Crippen molar-refractivity contribution in [2.75, 3.05) is 5.73 Å². The van der Waals surface area contributed by atoms with E-state index in [-0.39, 0.29) is 5.91 Å². The third kappa shape index (κ3) is 2.63. The molecule has 3 N–H and O–H groups in total. The topological polar surface area (TPSA) is 93.3 Å². The highest BCUT2D eigenvalue weighted by Gasteiger charge is 2.17. The number of hydrazone groups is 1. The molecule has 0 aliphatic heterocycles. The van der Waals surface area contributed by atoms with Gasteiger partial charge in [-0.15, -0.1) is 22.7 Å². The van der Waals surface area contributed by atoms with Crippen molar-refractivity contribution >= 4 is 50.8 Å². The van der Waals surface area contributed by atoms with Crippen LogP contribution in [0.25, 0.3) is 10.2 Å². The molecule has 0 aromatic carbocycles. The first-order chi connectivity index (χ1) is 10.2. The summed E-state index contributed by atoms with van der Waals surface area (Å²) in [5.74, 6) is 0.109. The van der Waals surface area contributed by atoms with E-state index in [1.54, 1.807) is 17.6 Å². The molecule has 0 spiro atoms. The standard InChI is InChI=1S/C13H11N5OS2/c1-7-9-11(14)15-6-16-13(9)21-10(7)12(19)18-17-5-8-3-2-4-20-8/h2-6H,1H3,(H,18,19)(H2,14,15,16)/b17-5-. The van der Waals surface area contributed by atoms with Gasteiger partial charge in [0, 0.05) is 4.88 Å². The van der Waals surface area contributed by atoms with Gasteiger partial charge in [0.2, 0.25) is 0 Å². The van der Waals surface area contributed by atoms with Crippen molar-refractivity contribution in [3.05, 3.63) is 39.2 Å². The van der Waals surface area contributed by atoms with E-state index in [0.29, 0.717) is 15.5 Å². The van der Waals surface area contributed by atoms with Crippen molar-refractivity contribution in [1.29, 1.82) is 0 Å². The Kier molecular flexibility index (Phi) is 3.63. The maximum absolute atomic E-state index is 12.2. The fourth-order valence-electron chi connectivity index (χ4n) is 1.89. The van der Waals surface area contributed by atoms with Crippen LogP contribution >= 0.6 is 22.7 Å². The number of thiophene rings is 2. The first kappa shape index (κ1) is 13.7. The number of nitrogens with two attached hydrogens (primary N) is 1. The van der Waals surface area contributed by atoms with E-state index >= 15 is 0 Å². The molecule has 1 amide bonds. The van der Waals surface area contributed by atoms with Crippen LogP contribution in [0.3, 0.4) is 0 Å². The molecule has 21 heavy (non-hydrogen) atoms. The van der Waals surface area contributed by atoms with E-state index in [0.717, 1.165) is 15.8 Å². The van der Waals surface area contributed by atoms with Crippen LogP contribution in [0.2, 0.25) is 0 Å². The fraction of sp³-hybridized carbons (Fsp3) is 0.0769. The third-order valence-electron chi connectivity index (χ3n) is 2.86. The zero-order valence-electron chi connectivity index (χ0n) is 11.0. The number of carbonyl (C=O) groups is 1. The Labute approximate surface area is 128 Å². The Hall–Kier alpha value is -2.32. The minimum absolute atomic E-state index is 0.275. The lowest BCUT2D eigenvalue weighted by Gasteiger charge is -1.98. The van der Waals surface area contributed by atoms with E-state index in [2.05, 4.69) is 20.5 Å². The van der Waals surface area contributed by atoms with Crippen LogP contribution in [-0.4, -0.2) is 22.1 Å². The van der Waals surface area contributed by atoms with Gasteiger partial charge in [-0.2, -0.15) is 5.10 Å². The molecule has 106 valence electrons. The number of nitrogens with one attached hydrogen (secondary N) is 1.